The first kappa shape index (κ1) is 22.8. The van der Waals surface area contributed by atoms with E-state index < -0.39 is 0 Å². The van der Waals surface area contributed by atoms with Gasteiger partial charge in [-0.2, -0.15) is 0 Å². The summed E-state index contributed by atoms with van der Waals surface area (Å²) in [5, 5.41) is 2.95. The van der Waals surface area contributed by atoms with Gasteiger partial charge in [0.05, 0.1) is 17.8 Å². The Bertz CT molecular complexity index is 875. The number of amides is 2. The molecule has 0 atom stereocenters. The Morgan fingerprint density at radius 1 is 1.13 bits per heavy atom. The van der Waals surface area contributed by atoms with Crippen molar-refractivity contribution in [2.75, 3.05) is 26.2 Å². The van der Waals surface area contributed by atoms with Crippen LogP contribution < -0.4 is 10.1 Å². The van der Waals surface area contributed by atoms with E-state index >= 15 is 0 Å². The lowest BCUT2D eigenvalue weighted by atomic mass is 9.89. The number of hydrogen-bond acceptors (Lipinski definition) is 4. The highest BCUT2D eigenvalue weighted by molar-refractivity contribution is 5.95. The third kappa shape index (κ3) is 6.54. The van der Waals surface area contributed by atoms with Gasteiger partial charge in [-0.3, -0.25) is 14.6 Å². The fourth-order valence-corrected chi connectivity index (χ4v) is 3.91. The molecule has 2 aromatic rings. The highest BCUT2D eigenvalue weighted by Gasteiger charge is 2.28. The third-order valence-corrected chi connectivity index (χ3v) is 5.53. The molecule has 0 saturated carbocycles. The predicted octanol–water partition coefficient (Wildman–Crippen LogP) is 3.95. The lowest BCUT2D eigenvalue weighted by Crippen LogP contribution is -2.39. The van der Waals surface area contributed by atoms with Crippen LogP contribution in [0.1, 0.15) is 60.8 Å². The molecular weight excluding hydrogens is 390 g/mol. The number of carbonyl (C=O) groups excluding carboxylic acids is 2. The molecule has 1 N–H and O–H groups in total. The van der Waals surface area contributed by atoms with E-state index in [4.69, 9.17) is 9.72 Å². The molecule has 31 heavy (non-hydrogen) atoms. The highest BCUT2D eigenvalue weighted by Crippen LogP contribution is 2.30. The molecule has 2 amide bonds. The number of ether oxygens (including phenoxy) is 1. The summed E-state index contributed by atoms with van der Waals surface area (Å²) in [6.45, 7) is 8.34. The van der Waals surface area contributed by atoms with Crippen molar-refractivity contribution in [1.82, 2.24) is 15.2 Å². The summed E-state index contributed by atoms with van der Waals surface area (Å²) in [5.74, 6) is 1.43. The minimum Gasteiger partial charge on any atom is -0.492 e. The average molecular weight is 424 g/mol. The predicted molar refractivity (Wildman–Crippen MR) is 121 cm³/mol. The first-order valence-corrected chi connectivity index (χ1v) is 11.2. The molecule has 1 aliphatic rings. The molecule has 1 saturated heterocycles. The molecule has 0 radical (unpaired) electrons. The van der Waals surface area contributed by atoms with E-state index in [1.54, 1.807) is 0 Å². The van der Waals surface area contributed by atoms with Gasteiger partial charge in [-0.25, -0.2) is 0 Å². The number of likely N-dealkylation sites (tertiary alicyclic amines) is 1. The van der Waals surface area contributed by atoms with E-state index in [0.717, 1.165) is 43.1 Å². The Morgan fingerprint density at radius 2 is 1.84 bits per heavy atom. The van der Waals surface area contributed by atoms with Gasteiger partial charge in [-0.1, -0.05) is 32.0 Å². The average Bonchev–Trinajstić information content (AvgIpc) is 2.77. The zero-order valence-corrected chi connectivity index (χ0v) is 18.8. The number of rotatable bonds is 8. The Hall–Kier alpha value is -2.89. The van der Waals surface area contributed by atoms with Gasteiger partial charge in [0, 0.05) is 31.1 Å². The molecule has 166 valence electrons. The van der Waals surface area contributed by atoms with Crippen molar-refractivity contribution < 1.29 is 14.3 Å². The molecular formula is C25H33N3O3. The maximum Gasteiger partial charge on any atom is 0.253 e. The Morgan fingerprint density at radius 3 is 2.52 bits per heavy atom. The van der Waals surface area contributed by atoms with Gasteiger partial charge in [-0.15, -0.1) is 0 Å². The zero-order chi connectivity index (χ0) is 22.2. The second kappa shape index (κ2) is 10.9. The van der Waals surface area contributed by atoms with E-state index in [1.165, 1.54) is 0 Å². The van der Waals surface area contributed by atoms with Gasteiger partial charge in [-0.05, 0) is 49.9 Å². The lowest BCUT2D eigenvalue weighted by molar-refractivity contribution is -0.133. The van der Waals surface area contributed by atoms with Gasteiger partial charge in [0.1, 0.15) is 12.4 Å². The van der Waals surface area contributed by atoms with Crippen LogP contribution in [0.15, 0.2) is 42.5 Å². The summed E-state index contributed by atoms with van der Waals surface area (Å²) in [4.78, 5) is 31.9. The number of nitrogens with one attached hydrogen (secondary N) is 1. The molecule has 0 bridgehead atoms. The Kier molecular flexibility index (Phi) is 8.04. The van der Waals surface area contributed by atoms with Gasteiger partial charge >= 0.3 is 0 Å². The van der Waals surface area contributed by atoms with Gasteiger partial charge in [0.2, 0.25) is 5.91 Å². The molecule has 6 heteroatoms. The molecule has 1 fully saturated rings. The molecule has 1 aromatic heterocycles. The van der Waals surface area contributed by atoms with Crippen molar-refractivity contribution in [3.05, 3.63) is 59.4 Å². The summed E-state index contributed by atoms with van der Waals surface area (Å²) in [5.41, 5.74) is 2.37. The normalized spacial score (nSPS) is 14.5. The van der Waals surface area contributed by atoms with Crippen molar-refractivity contribution in [3.8, 4) is 5.75 Å². The maximum absolute atomic E-state index is 12.9. The molecule has 0 aliphatic carbocycles. The smallest absolute Gasteiger partial charge is 0.253 e. The van der Waals surface area contributed by atoms with E-state index in [1.807, 2.05) is 54.3 Å². The Balaban J connectivity index is 1.57. The first-order valence-electron chi connectivity index (χ1n) is 11.2. The monoisotopic (exact) mass is 423 g/mol. The number of aryl methyl sites for hydroxylation is 1. The van der Waals surface area contributed by atoms with Crippen LogP contribution in [0.5, 0.6) is 5.75 Å². The van der Waals surface area contributed by atoms with E-state index in [9.17, 15) is 9.59 Å². The molecule has 6 nitrogen and oxygen atoms in total. The van der Waals surface area contributed by atoms with E-state index in [-0.39, 0.29) is 17.7 Å². The lowest BCUT2D eigenvalue weighted by Gasteiger charge is -2.33. The van der Waals surface area contributed by atoms with Crippen LogP contribution in [0.2, 0.25) is 0 Å². The van der Waals surface area contributed by atoms with Crippen LogP contribution in [-0.4, -0.2) is 47.9 Å². The number of nitrogens with zero attached hydrogens (tertiary/aromatic N) is 2. The topological polar surface area (TPSA) is 71.5 Å². The number of piperidine rings is 1. The van der Waals surface area contributed by atoms with E-state index in [2.05, 4.69) is 19.2 Å². The molecule has 1 aromatic carbocycles. The molecule has 0 spiro atoms. The minimum atomic E-state index is -0.127. The van der Waals surface area contributed by atoms with Crippen molar-refractivity contribution in [2.45, 2.75) is 46.0 Å². The summed E-state index contributed by atoms with van der Waals surface area (Å²) in [7, 11) is 0. The summed E-state index contributed by atoms with van der Waals surface area (Å²) in [6.07, 6.45) is 2.25. The molecule has 2 heterocycles. The number of aromatic nitrogens is 1. The quantitative estimate of drug-likeness (QED) is 0.653. The minimum absolute atomic E-state index is 0.127. The molecule has 1 aliphatic heterocycles. The summed E-state index contributed by atoms with van der Waals surface area (Å²) >= 11 is 0. The fourth-order valence-electron chi connectivity index (χ4n) is 3.91. The summed E-state index contributed by atoms with van der Waals surface area (Å²) in [6, 6.07) is 13.3. The number of carbonyl (C=O) groups is 2. The van der Waals surface area contributed by atoms with Gasteiger partial charge < -0.3 is 15.0 Å². The number of para-hydroxylation sites is 1. The maximum atomic E-state index is 12.9. The standard InChI is InChI=1S/C25H33N3O3/c1-18(2)17-23(29)28-14-11-20(12-15-28)24-22(10-9-19(3)27-24)25(30)26-13-16-31-21-7-5-4-6-8-21/h4-10,18,20H,11-17H2,1-3H3,(H,26,30). The summed E-state index contributed by atoms with van der Waals surface area (Å²) < 4.78 is 5.65. The van der Waals surface area contributed by atoms with Crippen molar-refractivity contribution >= 4 is 11.8 Å². The second-order valence-corrected chi connectivity index (χ2v) is 8.56. The van der Waals surface area contributed by atoms with Crippen LogP contribution in [0.3, 0.4) is 0 Å². The van der Waals surface area contributed by atoms with Crippen LogP contribution in [-0.2, 0) is 4.79 Å². The number of benzene rings is 1. The zero-order valence-electron chi connectivity index (χ0n) is 18.8. The van der Waals surface area contributed by atoms with Gasteiger partial charge in [0.25, 0.3) is 5.91 Å². The van der Waals surface area contributed by atoms with Crippen LogP contribution >= 0.6 is 0 Å². The highest BCUT2D eigenvalue weighted by atomic mass is 16.5. The van der Waals surface area contributed by atoms with Crippen molar-refractivity contribution in [2.24, 2.45) is 5.92 Å². The molecule has 0 unspecified atom stereocenters. The van der Waals surface area contributed by atoms with Gasteiger partial charge in [0.15, 0.2) is 0 Å². The van der Waals surface area contributed by atoms with Crippen molar-refractivity contribution in [1.29, 1.82) is 0 Å². The van der Waals surface area contributed by atoms with Crippen molar-refractivity contribution in [3.63, 3.8) is 0 Å². The number of pyridine rings is 1. The Labute approximate surface area is 185 Å². The molecule has 3 rings (SSSR count). The fraction of sp³-hybridized carbons (Fsp3) is 0.480. The van der Waals surface area contributed by atoms with Crippen LogP contribution in [0, 0.1) is 12.8 Å². The third-order valence-electron chi connectivity index (χ3n) is 5.53. The largest absolute Gasteiger partial charge is 0.492 e. The van der Waals surface area contributed by atoms with Crippen LogP contribution in [0.4, 0.5) is 0 Å². The number of hydrogen-bond donors (Lipinski definition) is 1. The first-order chi connectivity index (χ1) is 14.9. The van der Waals surface area contributed by atoms with Crippen LogP contribution in [0.25, 0.3) is 0 Å². The van der Waals surface area contributed by atoms with E-state index in [0.29, 0.717) is 31.1 Å². The second-order valence-electron chi connectivity index (χ2n) is 8.56. The SMILES string of the molecule is Cc1ccc(C(=O)NCCOc2ccccc2)c(C2CCN(C(=O)CC(C)C)CC2)n1.